The lowest BCUT2D eigenvalue weighted by molar-refractivity contribution is -0.158. The Morgan fingerprint density at radius 3 is 2.53 bits per heavy atom. The molecule has 3 atom stereocenters. The first-order valence-electron chi connectivity index (χ1n) is 11.4. The fraction of sp³-hybridized carbons (Fsp3) is 0.727. The maximum absolute atomic E-state index is 12.8. The predicted molar refractivity (Wildman–Crippen MR) is 117 cm³/mol. The van der Waals surface area contributed by atoms with E-state index in [1.165, 1.54) is 12.1 Å². The lowest BCUT2D eigenvalue weighted by Gasteiger charge is -2.34. The quantitative estimate of drug-likeness (QED) is 0.396. The lowest BCUT2D eigenvalue weighted by Crippen LogP contribution is -2.60. The van der Waals surface area contributed by atoms with Crippen LogP contribution in [-0.4, -0.2) is 67.8 Å². The second kappa shape index (κ2) is 13.8. The average molecular weight is 453 g/mol. The zero-order valence-corrected chi connectivity index (χ0v) is 19.1. The minimum Gasteiger partial charge on any atom is -0.464 e. The number of carbonyl (C=O) groups excluding carboxylic acids is 4. The molecule has 2 bridgehead atoms. The van der Waals surface area contributed by atoms with Crippen LogP contribution in [0.25, 0.3) is 0 Å². The fourth-order valence-corrected chi connectivity index (χ4v) is 3.56. The maximum atomic E-state index is 12.8. The van der Waals surface area contributed by atoms with Gasteiger partial charge in [0.05, 0.1) is 13.2 Å². The van der Waals surface area contributed by atoms with E-state index in [4.69, 9.17) is 9.47 Å². The maximum Gasteiger partial charge on any atom is 0.324 e. The van der Waals surface area contributed by atoms with Crippen LogP contribution >= 0.6 is 0 Å². The minimum atomic E-state index is -1.23. The van der Waals surface area contributed by atoms with Crippen molar-refractivity contribution >= 4 is 23.7 Å². The number of carbonyl (C=O) groups is 4. The van der Waals surface area contributed by atoms with E-state index in [1.54, 1.807) is 0 Å². The number of rotatable bonds is 1. The van der Waals surface area contributed by atoms with Crippen molar-refractivity contribution in [3.8, 4) is 0 Å². The molecule has 0 spiro atoms. The van der Waals surface area contributed by atoms with Crippen molar-refractivity contribution in [2.75, 3.05) is 26.8 Å². The summed E-state index contributed by atoms with van der Waals surface area (Å²) >= 11 is 0. The number of nitrogens with one attached hydrogen (secondary N) is 3. The van der Waals surface area contributed by atoms with Gasteiger partial charge >= 0.3 is 5.97 Å². The number of allylic oxidation sites excluding steroid dienone is 2. The van der Waals surface area contributed by atoms with Crippen LogP contribution in [0.15, 0.2) is 12.2 Å². The number of methoxy groups -OCH3 is 1. The van der Waals surface area contributed by atoms with E-state index in [9.17, 15) is 19.2 Å². The molecule has 2 rings (SSSR count). The van der Waals surface area contributed by atoms with Crippen LogP contribution in [0.2, 0.25) is 0 Å². The molecule has 0 aromatic carbocycles. The summed E-state index contributed by atoms with van der Waals surface area (Å²) in [6.07, 6.45) is 9.22. The van der Waals surface area contributed by atoms with Gasteiger partial charge in [-0.05, 0) is 51.4 Å². The van der Waals surface area contributed by atoms with Crippen molar-refractivity contribution in [2.45, 2.75) is 70.6 Å². The fourth-order valence-electron chi connectivity index (χ4n) is 3.56. The number of ether oxygens (including phenoxy) is 2. The molecule has 0 aromatic heterocycles. The summed E-state index contributed by atoms with van der Waals surface area (Å²) in [4.78, 5) is 49.6. The summed E-state index contributed by atoms with van der Waals surface area (Å²) in [5, 5.41) is 6.35. The molecule has 2 aliphatic rings. The molecular weight excluding hydrogens is 416 g/mol. The van der Waals surface area contributed by atoms with Crippen molar-refractivity contribution in [3.63, 3.8) is 0 Å². The Kier molecular flexibility index (Phi) is 11.2. The van der Waals surface area contributed by atoms with E-state index in [-0.39, 0.29) is 18.4 Å². The summed E-state index contributed by atoms with van der Waals surface area (Å²) in [6.45, 7) is 2.29. The highest BCUT2D eigenvalue weighted by Crippen LogP contribution is 2.12. The van der Waals surface area contributed by atoms with Crippen LogP contribution in [0.4, 0.5) is 0 Å². The Hall–Kier alpha value is -2.46. The van der Waals surface area contributed by atoms with Crippen LogP contribution < -0.4 is 16.1 Å². The molecular formula is C22H36N4O6. The summed E-state index contributed by atoms with van der Waals surface area (Å²) in [5.74, 6) is -1.87. The monoisotopic (exact) mass is 452 g/mol. The molecule has 0 aliphatic carbocycles. The van der Waals surface area contributed by atoms with E-state index < -0.39 is 30.1 Å². The molecule has 1 fully saturated rings. The van der Waals surface area contributed by atoms with Gasteiger partial charge in [-0.15, -0.1) is 0 Å². The van der Waals surface area contributed by atoms with Crippen LogP contribution in [0.3, 0.4) is 0 Å². The normalized spacial score (nSPS) is 29.1. The van der Waals surface area contributed by atoms with Gasteiger partial charge in [0, 0.05) is 19.6 Å². The van der Waals surface area contributed by atoms with E-state index >= 15 is 0 Å². The molecule has 3 N–H and O–H groups in total. The zero-order valence-electron chi connectivity index (χ0n) is 19.1. The number of hydrogen-bond donors (Lipinski definition) is 3. The molecule has 2 aliphatic heterocycles. The number of amides is 3. The Labute approximate surface area is 189 Å². The standard InChI is InChI=1S/C22H36N4O6/c1-16-11-8-6-4-3-5-7-9-14-32-22(30)17-12-10-13-26(25-17)21(29)20(31-2)24-18(27)15-23-19(16)28/h3-4,16-17,20,25H,5-15H2,1-2H3,(H,23,28)(H,24,27)/b4-3-. The van der Waals surface area contributed by atoms with Crippen molar-refractivity contribution in [1.29, 1.82) is 0 Å². The predicted octanol–water partition coefficient (Wildman–Crippen LogP) is 0.777. The molecule has 0 saturated carbocycles. The first kappa shape index (κ1) is 25.8. The summed E-state index contributed by atoms with van der Waals surface area (Å²) in [5.41, 5.74) is 2.88. The molecule has 10 heteroatoms. The third-order valence-electron chi connectivity index (χ3n) is 5.54. The molecule has 3 unspecified atom stereocenters. The highest BCUT2D eigenvalue weighted by molar-refractivity contribution is 5.89. The zero-order chi connectivity index (χ0) is 23.3. The molecule has 1 saturated heterocycles. The van der Waals surface area contributed by atoms with Crippen molar-refractivity contribution < 1.29 is 28.7 Å². The first-order valence-corrected chi connectivity index (χ1v) is 11.4. The Bertz CT molecular complexity index is 683. The number of cyclic esters (lactones) is 1. The average Bonchev–Trinajstić information content (AvgIpc) is 2.80. The third kappa shape index (κ3) is 8.58. The van der Waals surface area contributed by atoms with Gasteiger partial charge in [-0.25, -0.2) is 5.43 Å². The minimum absolute atomic E-state index is 0.203. The SMILES string of the molecule is COC1NC(=O)CNC(=O)C(C)CCC/C=C\CCCCOC(=O)C2CCCN(N2)C1=O. The van der Waals surface area contributed by atoms with Crippen LogP contribution in [0.1, 0.15) is 58.3 Å². The van der Waals surface area contributed by atoms with Gasteiger partial charge in [-0.3, -0.25) is 24.2 Å². The Morgan fingerprint density at radius 2 is 1.78 bits per heavy atom. The van der Waals surface area contributed by atoms with Gasteiger partial charge in [0.15, 0.2) is 0 Å². The molecule has 3 amide bonds. The topological polar surface area (TPSA) is 126 Å². The van der Waals surface area contributed by atoms with Crippen molar-refractivity contribution in [1.82, 2.24) is 21.1 Å². The van der Waals surface area contributed by atoms with Crippen molar-refractivity contribution in [3.05, 3.63) is 12.2 Å². The molecule has 2 heterocycles. The number of fused-ring (bicyclic) bond motifs is 2. The summed E-state index contributed by atoms with van der Waals surface area (Å²) < 4.78 is 10.5. The summed E-state index contributed by atoms with van der Waals surface area (Å²) in [6, 6.07) is -0.626. The molecule has 0 aromatic rings. The van der Waals surface area contributed by atoms with Crippen molar-refractivity contribution in [2.24, 2.45) is 5.92 Å². The number of hydrogen-bond acceptors (Lipinski definition) is 7. The van der Waals surface area contributed by atoms with Gasteiger partial charge in [-0.2, -0.15) is 0 Å². The number of esters is 1. The van der Waals surface area contributed by atoms with Gasteiger partial charge in [0.2, 0.25) is 18.0 Å². The molecule has 180 valence electrons. The first-order chi connectivity index (χ1) is 15.4. The highest BCUT2D eigenvalue weighted by Gasteiger charge is 2.33. The molecule has 0 radical (unpaired) electrons. The highest BCUT2D eigenvalue weighted by atomic mass is 16.5. The Morgan fingerprint density at radius 1 is 1.03 bits per heavy atom. The Balaban J connectivity index is 2.01. The number of nitrogens with zero attached hydrogens (tertiary/aromatic N) is 1. The van der Waals surface area contributed by atoms with Crippen LogP contribution in [-0.2, 0) is 28.7 Å². The van der Waals surface area contributed by atoms with Gasteiger partial charge in [0.25, 0.3) is 5.91 Å². The summed E-state index contributed by atoms with van der Waals surface area (Å²) in [7, 11) is 1.30. The smallest absolute Gasteiger partial charge is 0.324 e. The number of hydrazine groups is 1. The van der Waals surface area contributed by atoms with E-state index in [2.05, 4.69) is 28.2 Å². The second-order valence-electron chi connectivity index (χ2n) is 8.18. The van der Waals surface area contributed by atoms with Crippen LogP contribution in [0, 0.1) is 5.92 Å². The van der Waals surface area contributed by atoms with Crippen LogP contribution in [0.5, 0.6) is 0 Å². The van der Waals surface area contributed by atoms with Gasteiger partial charge in [-0.1, -0.05) is 19.1 Å². The molecule has 10 nitrogen and oxygen atoms in total. The van der Waals surface area contributed by atoms with E-state index in [0.29, 0.717) is 32.4 Å². The third-order valence-corrected chi connectivity index (χ3v) is 5.54. The second-order valence-corrected chi connectivity index (χ2v) is 8.18. The lowest BCUT2D eigenvalue weighted by atomic mass is 10.0. The van der Waals surface area contributed by atoms with Gasteiger partial charge < -0.3 is 20.1 Å². The molecule has 32 heavy (non-hydrogen) atoms. The van der Waals surface area contributed by atoms with Gasteiger partial charge in [0.1, 0.15) is 6.04 Å². The van der Waals surface area contributed by atoms with E-state index in [0.717, 1.165) is 32.1 Å². The van der Waals surface area contributed by atoms with E-state index in [1.807, 2.05) is 6.92 Å². The largest absolute Gasteiger partial charge is 0.464 e.